The number of aliphatic hydroxyl groups excluding tert-OH is 2. The summed E-state index contributed by atoms with van der Waals surface area (Å²) in [6.07, 6.45) is -1.56. The summed E-state index contributed by atoms with van der Waals surface area (Å²) in [4.78, 5) is 22.5. The molecule has 0 radical (unpaired) electrons. The Bertz CT molecular complexity index is 798. The Morgan fingerprint density at radius 3 is 2.56 bits per heavy atom. The van der Waals surface area contributed by atoms with Gasteiger partial charge in [0, 0.05) is 18.9 Å². The van der Waals surface area contributed by atoms with Gasteiger partial charge in [-0.05, 0) is 49.3 Å². The number of carbonyl (C=O) groups excluding carboxylic acids is 1. The van der Waals surface area contributed by atoms with Gasteiger partial charge in [-0.2, -0.15) is 13.2 Å². The molecule has 0 aliphatic heterocycles. The van der Waals surface area contributed by atoms with E-state index in [1.54, 1.807) is 0 Å². The fraction of sp³-hybridized carbons (Fsp3) is 0.545. The first-order valence-corrected chi connectivity index (χ1v) is 10.4. The fourth-order valence-corrected chi connectivity index (χ4v) is 3.73. The lowest BCUT2D eigenvalue weighted by Crippen LogP contribution is -2.31. The summed E-state index contributed by atoms with van der Waals surface area (Å²) in [5.41, 5.74) is -0.550. The van der Waals surface area contributed by atoms with Crippen molar-refractivity contribution in [3.05, 3.63) is 47.5 Å². The highest BCUT2D eigenvalue weighted by Crippen LogP contribution is 2.35. The average Bonchev–Trinajstić information content (AvgIpc) is 2.99. The van der Waals surface area contributed by atoms with Crippen molar-refractivity contribution in [2.75, 3.05) is 6.61 Å². The molecule has 0 heterocycles. The zero-order chi connectivity index (χ0) is 23.7. The molecule has 2 unspecified atom stereocenters. The second-order valence-electron chi connectivity index (χ2n) is 7.84. The van der Waals surface area contributed by atoms with Gasteiger partial charge in [0.25, 0.3) is 0 Å². The molecule has 7 nitrogen and oxygen atoms in total. The zero-order valence-electron chi connectivity index (χ0n) is 17.4. The summed E-state index contributed by atoms with van der Waals surface area (Å²) < 4.78 is 43.4. The fourth-order valence-electron chi connectivity index (χ4n) is 3.73. The number of nitrogens with one attached hydrogen (secondary N) is 1. The molecule has 1 fully saturated rings. The van der Waals surface area contributed by atoms with Crippen molar-refractivity contribution in [1.29, 1.82) is 0 Å². The molecule has 0 aromatic heterocycles. The van der Waals surface area contributed by atoms with Crippen LogP contribution in [-0.2, 0) is 22.3 Å². The lowest BCUT2D eigenvalue weighted by Gasteiger charge is -2.22. The van der Waals surface area contributed by atoms with Gasteiger partial charge < -0.3 is 25.4 Å². The van der Waals surface area contributed by atoms with Crippen LogP contribution in [-0.4, -0.2) is 46.2 Å². The maximum atomic E-state index is 12.8. The van der Waals surface area contributed by atoms with Gasteiger partial charge in [0.05, 0.1) is 24.4 Å². The molecule has 1 saturated carbocycles. The number of aliphatic carboxylic acids is 1. The standard InChI is InChI=1S/C22H28F3NO6/c23-22(24,25)15-7-5-6-14(10-15)12-26-21(31)32-13-17-16(18(27)11-19(17)28)8-3-1-2-4-9-20(29)30/h1,3,5-7,10,16-19,27-28H,2,4,8-9,11-13H2,(H,26,31)(H,29,30)/t16-,17-,18?,19?/m1/s1. The van der Waals surface area contributed by atoms with Crippen LogP contribution in [0, 0.1) is 11.8 Å². The molecule has 32 heavy (non-hydrogen) atoms. The largest absolute Gasteiger partial charge is 0.481 e. The molecule has 1 aromatic carbocycles. The highest BCUT2D eigenvalue weighted by Gasteiger charge is 2.41. The predicted molar refractivity (Wildman–Crippen MR) is 108 cm³/mol. The number of allylic oxidation sites excluding steroid dienone is 2. The molecule has 1 amide bonds. The van der Waals surface area contributed by atoms with Gasteiger partial charge in [-0.1, -0.05) is 24.3 Å². The van der Waals surface area contributed by atoms with Crippen LogP contribution in [0.5, 0.6) is 0 Å². The number of carbonyl (C=O) groups is 2. The minimum Gasteiger partial charge on any atom is -0.481 e. The number of carboxylic acid groups (broad SMARTS) is 1. The van der Waals surface area contributed by atoms with Crippen molar-refractivity contribution in [2.24, 2.45) is 11.8 Å². The maximum Gasteiger partial charge on any atom is 0.416 e. The topological polar surface area (TPSA) is 116 Å². The lowest BCUT2D eigenvalue weighted by molar-refractivity contribution is -0.138. The highest BCUT2D eigenvalue weighted by molar-refractivity contribution is 5.67. The third kappa shape index (κ3) is 8.16. The molecule has 10 heteroatoms. The third-order valence-electron chi connectivity index (χ3n) is 5.46. The van der Waals surface area contributed by atoms with Gasteiger partial charge >= 0.3 is 18.2 Å². The molecule has 1 aliphatic rings. The number of unbranched alkanes of at least 4 members (excludes halogenated alkanes) is 1. The number of hydrogen-bond acceptors (Lipinski definition) is 5. The number of rotatable bonds is 10. The molecule has 4 N–H and O–H groups in total. The normalized spacial score (nSPS) is 23.4. The number of alkyl carbamates (subject to hydrolysis) is 1. The van der Waals surface area contributed by atoms with Crippen molar-refractivity contribution < 1.29 is 42.8 Å². The van der Waals surface area contributed by atoms with Crippen LogP contribution < -0.4 is 5.32 Å². The Labute approximate surface area is 183 Å². The van der Waals surface area contributed by atoms with Crippen molar-refractivity contribution in [2.45, 2.75) is 57.0 Å². The summed E-state index contributed by atoms with van der Waals surface area (Å²) in [6, 6.07) is 4.58. The first-order valence-electron chi connectivity index (χ1n) is 10.4. The van der Waals surface area contributed by atoms with E-state index in [-0.39, 0.29) is 37.5 Å². The molecule has 4 atom stereocenters. The minimum atomic E-state index is -4.48. The minimum absolute atomic E-state index is 0.0706. The van der Waals surface area contributed by atoms with Crippen molar-refractivity contribution in [1.82, 2.24) is 5.32 Å². The second kappa shape index (κ2) is 11.9. The molecular weight excluding hydrogens is 431 g/mol. The van der Waals surface area contributed by atoms with Crippen LogP contribution in [0.1, 0.15) is 43.2 Å². The Morgan fingerprint density at radius 1 is 1.16 bits per heavy atom. The summed E-state index contributed by atoms with van der Waals surface area (Å²) in [5, 5.41) is 31.4. The zero-order valence-corrected chi connectivity index (χ0v) is 17.4. The number of carboxylic acids is 1. The number of hydrogen-bond donors (Lipinski definition) is 4. The number of alkyl halides is 3. The van der Waals surface area contributed by atoms with Gasteiger partial charge in [-0.15, -0.1) is 0 Å². The van der Waals surface area contributed by atoms with Crippen molar-refractivity contribution in [3.63, 3.8) is 0 Å². The van der Waals surface area contributed by atoms with Crippen LogP contribution in [0.2, 0.25) is 0 Å². The van der Waals surface area contributed by atoms with Crippen molar-refractivity contribution >= 4 is 12.1 Å². The van der Waals surface area contributed by atoms with Gasteiger partial charge in [0.2, 0.25) is 0 Å². The van der Waals surface area contributed by atoms with E-state index in [9.17, 15) is 33.0 Å². The number of amides is 1. The summed E-state index contributed by atoms with van der Waals surface area (Å²) in [6.45, 7) is -0.300. The van der Waals surface area contributed by atoms with E-state index >= 15 is 0 Å². The Balaban J connectivity index is 1.80. The Hall–Kier alpha value is -2.59. The molecule has 0 spiro atoms. The molecule has 178 valence electrons. The van der Waals surface area contributed by atoms with Gasteiger partial charge in [0.15, 0.2) is 0 Å². The smallest absolute Gasteiger partial charge is 0.416 e. The average molecular weight is 459 g/mol. The van der Waals surface area contributed by atoms with Crippen LogP contribution in [0.3, 0.4) is 0 Å². The Morgan fingerprint density at radius 2 is 1.88 bits per heavy atom. The number of benzene rings is 1. The summed E-state index contributed by atoms with van der Waals surface area (Å²) in [5.74, 6) is -1.69. The van der Waals surface area contributed by atoms with Gasteiger partial charge in [0.1, 0.15) is 0 Å². The van der Waals surface area contributed by atoms with Crippen LogP contribution in [0.4, 0.5) is 18.0 Å². The van der Waals surface area contributed by atoms with E-state index in [0.29, 0.717) is 19.3 Å². The number of aliphatic hydroxyl groups is 2. The molecule has 0 saturated heterocycles. The Kier molecular flexibility index (Phi) is 9.52. The first kappa shape index (κ1) is 25.7. The number of ether oxygens (including phenoxy) is 1. The lowest BCUT2D eigenvalue weighted by atomic mass is 9.91. The van der Waals surface area contributed by atoms with Crippen LogP contribution in [0.15, 0.2) is 36.4 Å². The molecule has 1 aromatic rings. The summed E-state index contributed by atoms with van der Waals surface area (Å²) >= 11 is 0. The predicted octanol–water partition coefficient (Wildman–Crippen LogP) is 3.49. The van der Waals surface area contributed by atoms with E-state index in [4.69, 9.17) is 9.84 Å². The monoisotopic (exact) mass is 459 g/mol. The molecule has 1 aliphatic carbocycles. The van der Waals surface area contributed by atoms with E-state index < -0.39 is 41.9 Å². The second-order valence-corrected chi connectivity index (χ2v) is 7.84. The number of halogens is 3. The van der Waals surface area contributed by atoms with Gasteiger partial charge in [-0.25, -0.2) is 4.79 Å². The molecule has 2 rings (SSSR count). The van der Waals surface area contributed by atoms with Crippen LogP contribution >= 0.6 is 0 Å². The summed E-state index contributed by atoms with van der Waals surface area (Å²) in [7, 11) is 0. The highest BCUT2D eigenvalue weighted by atomic mass is 19.4. The van der Waals surface area contributed by atoms with E-state index in [1.807, 2.05) is 12.2 Å². The van der Waals surface area contributed by atoms with E-state index in [2.05, 4.69) is 5.32 Å². The van der Waals surface area contributed by atoms with E-state index in [0.717, 1.165) is 12.1 Å². The SMILES string of the molecule is O=C(O)CCCC=CC[C@H]1C(O)CC(O)[C@@H]1COC(=O)NCc1cccc(C(F)(F)F)c1. The van der Waals surface area contributed by atoms with Crippen LogP contribution in [0.25, 0.3) is 0 Å². The quantitative estimate of drug-likeness (QED) is 0.314. The van der Waals surface area contributed by atoms with Gasteiger partial charge in [-0.3, -0.25) is 4.79 Å². The maximum absolute atomic E-state index is 12.8. The molecule has 0 bridgehead atoms. The van der Waals surface area contributed by atoms with Crippen molar-refractivity contribution in [3.8, 4) is 0 Å². The first-order chi connectivity index (χ1) is 15.1. The van der Waals surface area contributed by atoms with E-state index in [1.165, 1.54) is 12.1 Å². The molecular formula is C22H28F3NO6. The third-order valence-corrected chi connectivity index (χ3v) is 5.46.